The van der Waals surface area contributed by atoms with Crippen LogP contribution in [0.5, 0.6) is 0 Å². The molecule has 0 radical (unpaired) electrons. The lowest BCUT2D eigenvalue weighted by Gasteiger charge is -2.12. The first-order valence-electron chi connectivity index (χ1n) is 7.78. The Balaban J connectivity index is 0.00000441. The zero-order valence-electron chi connectivity index (χ0n) is 14.0. The van der Waals surface area contributed by atoms with Crippen molar-refractivity contribution in [3.8, 4) is 0 Å². The van der Waals surface area contributed by atoms with Crippen LogP contribution in [0.4, 0.5) is 0 Å². The number of rotatable bonds is 9. The van der Waals surface area contributed by atoms with Crippen molar-refractivity contribution in [2.75, 3.05) is 33.4 Å². The number of nitrogens with zero attached hydrogens (tertiary/aromatic N) is 1. The molecule has 0 unspecified atom stereocenters. The van der Waals surface area contributed by atoms with Crippen LogP contribution in [-0.4, -0.2) is 39.3 Å². The first-order chi connectivity index (χ1) is 10.2. The summed E-state index contributed by atoms with van der Waals surface area (Å²) in [5, 5.41) is 6.63. The zero-order chi connectivity index (χ0) is 15.3. The van der Waals surface area contributed by atoms with Gasteiger partial charge < -0.3 is 15.4 Å². The van der Waals surface area contributed by atoms with E-state index in [2.05, 4.69) is 53.7 Å². The van der Waals surface area contributed by atoms with E-state index in [1.54, 1.807) is 7.05 Å². The van der Waals surface area contributed by atoms with Gasteiger partial charge in [-0.05, 0) is 24.3 Å². The molecule has 0 atom stereocenters. The normalized spacial score (nSPS) is 11.2. The van der Waals surface area contributed by atoms with Crippen molar-refractivity contribution >= 4 is 29.9 Å². The van der Waals surface area contributed by atoms with Crippen LogP contribution in [0.15, 0.2) is 35.3 Å². The van der Waals surface area contributed by atoms with Crippen LogP contribution >= 0.6 is 24.0 Å². The summed E-state index contributed by atoms with van der Waals surface area (Å²) in [5.41, 5.74) is 1.34. The van der Waals surface area contributed by atoms with E-state index in [0.717, 1.165) is 45.1 Å². The number of ether oxygens (including phenoxy) is 1. The Bertz CT molecular complexity index is 396. The summed E-state index contributed by atoms with van der Waals surface area (Å²) in [7, 11) is 1.80. The number of benzene rings is 1. The Kier molecular flexibility index (Phi) is 13.3. The van der Waals surface area contributed by atoms with Crippen LogP contribution in [0.3, 0.4) is 0 Å². The van der Waals surface area contributed by atoms with Gasteiger partial charge in [0.05, 0.1) is 0 Å². The van der Waals surface area contributed by atoms with E-state index < -0.39 is 0 Å². The molecule has 0 bridgehead atoms. The second-order valence-corrected chi connectivity index (χ2v) is 5.48. The Hall–Kier alpha value is -0.820. The SMILES string of the molecule is CN=C(NCCCOCC(C)C)NCCc1ccccc1.I. The highest BCUT2D eigenvalue weighted by Crippen LogP contribution is 1.98. The van der Waals surface area contributed by atoms with Crippen molar-refractivity contribution in [3.63, 3.8) is 0 Å². The Morgan fingerprint density at radius 3 is 2.45 bits per heavy atom. The monoisotopic (exact) mass is 419 g/mol. The van der Waals surface area contributed by atoms with Gasteiger partial charge in [-0.1, -0.05) is 44.2 Å². The minimum absolute atomic E-state index is 0. The third-order valence-electron chi connectivity index (χ3n) is 2.98. The summed E-state index contributed by atoms with van der Waals surface area (Å²) < 4.78 is 5.55. The number of nitrogens with one attached hydrogen (secondary N) is 2. The molecule has 0 heterocycles. The van der Waals surface area contributed by atoms with Gasteiger partial charge in [0, 0.05) is 33.4 Å². The molecule has 0 saturated carbocycles. The summed E-state index contributed by atoms with van der Waals surface area (Å²) in [6.45, 7) is 7.72. The van der Waals surface area contributed by atoms with E-state index in [4.69, 9.17) is 4.74 Å². The molecular formula is C17H30IN3O. The number of aliphatic imine (C=N–C) groups is 1. The molecule has 0 spiro atoms. The van der Waals surface area contributed by atoms with Crippen molar-refractivity contribution in [2.24, 2.45) is 10.9 Å². The van der Waals surface area contributed by atoms with E-state index in [1.165, 1.54) is 5.56 Å². The number of guanidine groups is 1. The van der Waals surface area contributed by atoms with Crippen molar-refractivity contribution in [1.29, 1.82) is 0 Å². The van der Waals surface area contributed by atoms with Crippen molar-refractivity contribution in [2.45, 2.75) is 26.7 Å². The van der Waals surface area contributed by atoms with Gasteiger partial charge in [0.15, 0.2) is 5.96 Å². The van der Waals surface area contributed by atoms with Gasteiger partial charge in [-0.15, -0.1) is 24.0 Å². The average Bonchev–Trinajstić information content (AvgIpc) is 2.49. The molecule has 1 aromatic rings. The quantitative estimate of drug-likeness (QED) is 0.280. The molecule has 0 aliphatic heterocycles. The standard InChI is InChI=1S/C17H29N3O.HI/c1-15(2)14-21-13-7-11-19-17(18-3)20-12-10-16-8-5-4-6-9-16;/h4-6,8-9,15H,7,10-14H2,1-3H3,(H2,18,19,20);1H. The summed E-state index contributed by atoms with van der Waals surface area (Å²) in [6, 6.07) is 10.5. The van der Waals surface area contributed by atoms with Crippen molar-refractivity contribution < 1.29 is 4.74 Å². The molecule has 126 valence electrons. The molecule has 4 nitrogen and oxygen atoms in total. The second-order valence-electron chi connectivity index (χ2n) is 5.48. The molecule has 1 rings (SSSR count). The number of hydrogen-bond donors (Lipinski definition) is 2. The van der Waals surface area contributed by atoms with Gasteiger partial charge in [-0.3, -0.25) is 4.99 Å². The summed E-state index contributed by atoms with van der Waals surface area (Å²) >= 11 is 0. The fourth-order valence-electron chi connectivity index (χ4n) is 1.89. The lowest BCUT2D eigenvalue weighted by atomic mass is 10.1. The van der Waals surface area contributed by atoms with E-state index in [9.17, 15) is 0 Å². The molecular weight excluding hydrogens is 389 g/mol. The maximum absolute atomic E-state index is 5.55. The van der Waals surface area contributed by atoms with Gasteiger partial charge >= 0.3 is 0 Å². The average molecular weight is 419 g/mol. The second kappa shape index (κ2) is 13.8. The fraction of sp³-hybridized carbons (Fsp3) is 0.588. The minimum Gasteiger partial charge on any atom is -0.381 e. The van der Waals surface area contributed by atoms with Crippen molar-refractivity contribution in [3.05, 3.63) is 35.9 Å². The maximum Gasteiger partial charge on any atom is 0.190 e. The highest BCUT2D eigenvalue weighted by Gasteiger charge is 1.98. The highest BCUT2D eigenvalue weighted by atomic mass is 127. The third-order valence-corrected chi connectivity index (χ3v) is 2.98. The third kappa shape index (κ3) is 10.8. The zero-order valence-corrected chi connectivity index (χ0v) is 16.3. The van der Waals surface area contributed by atoms with Crippen LogP contribution in [0.1, 0.15) is 25.8 Å². The molecule has 0 aliphatic carbocycles. The van der Waals surface area contributed by atoms with E-state index in [1.807, 2.05) is 6.07 Å². The van der Waals surface area contributed by atoms with Gasteiger partial charge in [0.25, 0.3) is 0 Å². The molecule has 0 amide bonds. The molecule has 0 aromatic heterocycles. The summed E-state index contributed by atoms with van der Waals surface area (Å²) in [6.07, 6.45) is 1.99. The van der Waals surface area contributed by atoms with Crippen LogP contribution in [0.25, 0.3) is 0 Å². The smallest absolute Gasteiger partial charge is 0.190 e. The summed E-state index contributed by atoms with van der Waals surface area (Å²) in [4.78, 5) is 4.22. The molecule has 22 heavy (non-hydrogen) atoms. The van der Waals surface area contributed by atoms with Gasteiger partial charge in [0.2, 0.25) is 0 Å². The number of halogens is 1. The first kappa shape index (κ1) is 21.2. The molecule has 0 aliphatic rings. The van der Waals surface area contributed by atoms with E-state index in [-0.39, 0.29) is 24.0 Å². The fourth-order valence-corrected chi connectivity index (χ4v) is 1.89. The minimum atomic E-state index is 0. The topological polar surface area (TPSA) is 45.7 Å². The van der Waals surface area contributed by atoms with Crippen LogP contribution in [0, 0.1) is 5.92 Å². The predicted octanol–water partition coefficient (Wildman–Crippen LogP) is 3.07. The van der Waals surface area contributed by atoms with E-state index in [0.29, 0.717) is 5.92 Å². The Morgan fingerprint density at radius 2 is 1.82 bits per heavy atom. The largest absolute Gasteiger partial charge is 0.381 e. The Morgan fingerprint density at radius 1 is 1.14 bits per heavy atom. The van der Waals surface area contributed by atoms with E-state index >= 15 is 0 Å². The highest BCUT2D eigenvalue weighted by molar-refractivity contribution is 14.0. The Labute approximate surface area is 152 Å². The molecule has 0 saturated heterocycles. The van der Waals surface area contributed by atoms with Crippen molar-refractivity contribution in [1.82, 2.24) is 10.6 Å². The lowest BCUT2D eigenvalue weighted by molar-refractivity contribution is 0.108. The molecule has 2 N–H and O–H groups in total. The summed E-state index contributed by atoms with van der Waals surface area (Å²) in [5.74, 6) is 1.46. The maximum atomic E-state index is 5.55. The molecule has 0 fully saturated rings. The lowest BCUT2D eigenvalue weighted by Crippen LogP contribution is -2.39. The van der Waals surface area contributed by atoms with Gasteiger partial charge in [-0.2, -0.15) is 0 Å². The predicted molar refractivity (Wildman–Crippen MR) is 105 cm³/mol. The molecule has 1 aromatic carbocycles. The first-order valence-corrected chi connectivity index (χ1v) is 7.78. The number of hydrogen-bond acceptors (Lipinski definition) is 2. The van der Waals surface area contributed by atoms with Gasteiger partial charge in [-0.25, -0.2) is 0 Å². The molecule has 5 heteroatoms. The van der Waals surface area contributed by atoms with Crippen LogP contribution in [0.2, 0.25) is 0 Å². The van der Waals surface area contributed by atoms with Gasteiger partial charge in [0.1, 0.15) is 0 Å². The van der Waals surface area contributed by atoms with Crippen LogP contribution in [-0.2, 0) is 11.2 Å². The van der Waals surface area contributed by atoms with Crippen LogP contribution < -0.4 is 10.6 Å².